The average Bonchev–Trinajstić information content (AvgIpc) is 2.01. The Morgan fingerprint density at radius 1 is 1.40 bits per heavy atom. The van der Waals surface area contributed by atoms with Gasteiger partial charge in [0.05, 0.1) is 4.92 Å². The quantitative estimate of drug-likeness (QED) is 0.364. The van der Waals surface area contributed by atoms with Gasteiger partial charge in [-0.25, -0.2) is 8.42 Å². The standard InChI is InChI=1S/C6H5ClN2O4S.Na/c7-4-1-2-6(9(10)11)5(3-4)8-14(12)13;/h1-3,14H,(H,8,12,13);. The van der Waals surface area contributed by atoms with Gasteiger partial charge in [-0.15, -0.1) is 0 Å². The van der Waals surface area contributed by atoms with E-state index in [1.807, 2.05) is 4.72 Å². The van der Waals surface area contributed by atoms with Crippen molar-refractivity contribution in [2.24, 2.45) is 0 Å². The smallest absolute Gasteiger partial charge is 0.279 e. The molecule has 15 heavy (non-hydrogen) atoms. The molecule has 0 saturated heterocycles. The Morgan fingerprint density at radius 2 is 2.00 bits per heavy atom. The van der Waals surface area contributed by atoms with E-state index in [1.165, 1.54) is 12.1 Å². The summed E-state index contributed by atoms with van der Waals surface area (Å²) in [5, 5.41) is 10.7. The first-order valence-corrected chi connectivity index (χ1v) is 4.91. The second-order valence-electron chi connectivity index (χ2n) is 2.29. The summed E-state index contributed by atoms with van der Waals surface area (Å²) in [6.45, 7) is 0. The van der Waals surface area contributed by atoms with Crippen molar-refractivity contribution in [3.8, 4) is 0 Å². The van der Waals surface area contributed by atoms with E-state index in [-0.39, 0.29) is 46.0 Å². The maximum absolute atomic E-state index is 10.4. The molecule has 77 valence electrons. The number of thiol groups is 1. The summed E-state index contributed by atoms with van der Waals surface area (Å²) in [6, 6.07) is 3.61. The van der Waals surface area contributed by atoms with E-state index in [1.54, 1.807) is 0 Å². The van der Waals surface area contributed by atoms with Gasteiger partial charge in [0.15, 0.2) is 0 Å². The monoisotopic (exact) mass is 259 g/mol. The molecule has 1 N–H and O–H groups in total. The van der Waals surface area contributed by atoms with Crippen molar-refractivity contribution in [1.82, 2.24) is 0 Å². The number of hydrogen-bond donors (Lipinski definition) is 2. The van der Waals surface area contributed by atoms with Crippen molar-refractivity contribution in [3.05, 3.63) is 33.3 Å². The van der Waals surface area contributed by atoms with E-state index in [0.29, 0.717) is 0 Å². The molecule has 0 spiro atoms. The van der Waals surface area contributed by atoms with E-state index in [2.05, 4.69) is 0 Å². The van der Waals surface area contributed by atoms with Gasteiger partial charge in [0.2, 0.25) is 10.9 Å². The summed E-state index contributed by atoms with van der Waals surface area (Å²) in [7, 11) is -2.94. The molecule has 0 bridgehead atoms. The van der Waals surface area contributed by atoms with Crippen LogP contribution < -0.4 is 4.72 Å². The summed E-state index contributed by atoms with van der Waals surface area (Å²) in [6.07, 6.45) is 0. The fourth-order valence-corrected chi connectivity index (χ4v) is 1.40. The third kappa shape index (κ3) is 4.35. The predicted octanol–water partition coefficient (Wildman–Crippen LogP) is 0.806. The zero-order valence-corrected chi connectivity index (χ0v) is 11.3. The van der Waals surface area contributed by atoms with E-state index in [9.17, 15) is 18.5 Å². The number of rotatable bonds is 3. The summed E-state index contributed by atoms with van der Waals surface area (Å²) in [5.41, 5.74) is -0.479. The molecule has 6 nitrogen and oxygen atoms in total. The number of anilines is 1. The summed E-state index contributed by atoms with van der Waals surface area (Å²) < 4.78 is 22.6. The van der Waals surface area contributed by atoms with Crippen LogP contribution in [0.25, 0.3) is 0 Å². The Bertz CT molecular complexity index is 443. The zero-order chi connectivity index (χ0) is 10.7. The Morgan fingerprint density at radius 3 is 2.47 bits per heavy atom. The van der Waals surface area contributed by atoms with Crippen LogP contribution in [0.3, 0.4) is 0 Å². The molecule has 0 unspecified atom stereocenters. The van der Waals surface area contributed by atoms with Gasteiger partial charge in [-0.05, 0) is 12.1 Å². The minimum absolute atomic E-state index is 0. The molecule has 1 radical (unpaired) electrons. The molecule has 0 aliphatic carbocycles. The molecule has 9 heteroatoms. The molecule has 0 aliphatic rings. The van der Waals surface area contributed by atoms with Crippen molar-refractivity contribution in [3.63, 3.8) is 0 Å². The van der Waals surface area contributed by atoms with Crippen LogP contribution in [0.2, 0.25) is 5.02 Å². The molecule has 0 amide bonds. The molecule has 0 atom stereocenters. The SMILES string of the molecule is O=[N+]([O-])c1ccc(Cl)cc1N[SH](=O)=O.[Na]. The number of hydrogen-bond acceptors (Lipinski definition) is 4. The fraction of sp³-hybridized carbons (Fsp3) is 0. The molecule has 0 aliphatic heterocycles. The third-order valence-corrected chi connectivity index (χ3v) is 2.03. The van der Waals surface area contributed by atoms with Crippen molar-refractivity contribution in [1.29, 1.82) is 0 Å². The van der Waals surface area contributed by atoms with Crippen LogP contribution in [-0.4, -0.2) is 42.9 Å². The normalized spacial score (nSPS) is 9.47. The van der Waals surface area contributed by atoms with Crippen LogP contribution in [0, 0.1) is 10.1 Å². The van der Waals surface area contributed by atoms with Crippen LogP contribution in [0.5, 0.6) is 0 Å². The Labute approximate surface area is 114 Å². The number of nitrogens with zero attached hydrogens (tertiary/aromatic N) is 1. The van der Waals surface area contributed by atoms with Crippen molar-refractivity contribution in [2.45, 2.75) is 0 Å². The molecule has 1 rings (SSSR count). The van der Waals surface area contributed by atoms with Crippen molar-refractivity contribution < 1.29 is 13.3 Å². The van der Waals surface area contributed by atoms with Gasteiger partial charge in [0.1, 0.15) is 5.69 Å². The third-order valence-electron chi connectivity index (χ3n) is 1.37. The summed E-state index contributed by atoms with van der Waals surface area (Å²) >= 11 is 5.55. The van der Waals surface area contributed by atoms with E-state index >= 15 is 0 Å². The van der Waals surface area contributed by atoms with Gasteiger partial charge < -0.3 is 0 Å². The maximum atomic E-state index is 10.4. The number of halogens is 1. The molecular formula is C6H5ClN2NaO4S. The van der Waals surface area contributed by atoms with E-state index in [0.717, 1.165) is 6.07 Å². The Balaban J connectivity index is 0.00000196. The average molecular weight is 260 g/mol. The van der Waals surface area contributed by atoms with Crippen LogP contribution in [0.15, 0.2) is 18.2 Å². The van der Waals surface area contributed by atoms with Crippen molar-refractivity contribution in [2.75, 3.05) is 4.72 Å². The van der Waals surface area contributed by atoms with E-state index in [4.69, 9.17) is 11.6 Å². The first kappa shape index (κ1) is 14.7. The summed E-state index contributed by atoms with van der Waals surface area (Å²) in [5.74, 6) is 0. The van der Waals surface area contributed by atoms with Crippen LogP contribution >= 0.6 is 11.6 Å². The van der Waals surface area contributed by atoms with Crippen LogP contribution in [-0.2, 0) is 10.9 Å². The number of nitro benzene ring substituents is 1. The first-order chi connectivity index (χ1) is 6.50. The Kier molecular flexibility index (Phi) is 6.15. The van der Waals surface area contributed by atoms with Gasteiger partial charge >= 0.3 is 0 Å². The minimum atomic E-state index is -2.94. The fourth-order valence-electron chi connectivity index (χ4n) is 0.855. The molecule has 0 aromatic heterocycles. The van der Waals surface area contributed by atoms with Crippen molar-refractivity contribution >= 4 is 63.4 Å². The first-order valence-electron chi connectivity index (χ1n) is 3.35. The van der Waals surface area contributed by atoms with Gasteiger partial charge in [-0.2, -0.15) is 0 Å². The van der Waals surface area contributed by atoms with Gasteiger partial charge in [0, 0.05) is 40.6 Å². The van der Waals surface area contributed by atoms with Crippen LogP contribution in [0.4, 0.5) is 11.4 Å². The minimum Gasteiger partial charge on any atom is -0.279 e. The van der Waals surface area contributed by atoms with Gasteiger partial charge in [0.25, 0.3) is 5.69 Å². The second kappa shape index (κ2) is 6.29. The molecule has 1 aromatic rings. The van der Waals surface area contributed by atoms with Crippen LogP contribution in [0.1, 0.15) is 0 Å². The molecule has 0 fully saturated rings. The predicted molar refractivity (Wildman–Crippen MR) is 57.8 cm³/mol. The van der Waals surface area contributed by atoms with Gasteiger partial charge in [-0.1, -0.05) is 11.6 Å². The largest absolute Gasteiger partial charge is 0.293 e. The number of benzene rings is 1. The molecule has 0 heterocycles. The number of nitro groups is 1. The molecule has 1 aromatic carbocycles. The molecular weight excluding hydrogens is 255 g/mol. The summed E-state index contributed by atoms with van der Waals surface area (Å²) in [4.78, 5) is 9.74. The van der Waals surface area contributed by atoms with Gasteiger partial charge in [-0.3, -0.25) is 14.8 Å². The maximum Gasteiger partial charge on any atom is 0.293 e. The Hall–Kier alpha value is -0.340. The van der Waals surface area contributed by atoms with E-state index < -0.39 is 15.8 Å². The molecule has 0 saturated carbocycles. The zero-order valence-electron chi connectivity index (χ0n) is 7.64. The number of nitrogens with one attached hydrogen (secondary N) is 1. The second-order valence-corrected chi connectivity index (χ2v) is 3.46. The topological polar surface area (TPSA) is 89.3 Å².